The van der Waals surface area contributed by atoms with Gasteiger partial charge in [-0.2, -0.15) is 0 Å². The Balaban J connectivity index is 2.37. The average molecular weight is 360 g/mol. The molecule has 0 spiro atoms. The van der Waals surface area contributed by atoms with Crippen LogP contribution in [0.5, 0.6) is 11.5 Å². The summed E-state index contributed by atoms with van der Waals surface area (Å²) in [7, 11) is 0. The molecule has 0 heterocycles. The minimum absolute atomic E-state index is 0.0730. The van der Waals surface area contributed by atoms with E-state index in [1.807, 2.05) is 12.1 Å². The maximum atomic E-state index is 12.1. The monoisotopic (exact) mass is 360 g/mol. The predicted molar refractivity (Wildman–Crippen MR) is 97.7 cm³/mol. The van der Waals surface area contributed by atoms with Crippen LogP contribution in [0.15, 0.2) is 36.4 Å². The summed E-state index contributed by atoms with van der Waals surface area (Å²) in [6, 6.07) is 10.6. The van der Waals surface area contributed by atoms with Crippen LogP contribution in [0, 0.1) is 0 Å². The lowest BCUT2D eigenvalue weighted by molar-refractivity contribution is 0.0140. The zero-order chi connectivity index (χ0) is 19.5. The van der Waals surface area contributed by atoms with Crippen LogP contribution >= 0.6 is 0 Å². The van der Waals surface area contributed by atoms with Gasteiger partial charge in [0.1, 0.15) is 11.2 Å². The smallest absolute Gasteiger partial charge is 0.428 e. The normalized spacial score (nSPS) is 11.8. The van der Waals surface area contributed by atoms with Gasteiger partial charge in [-0.15, -0.1) is 0 Å². The number of hydrogen-bond acceptors (Lipinski definition) is 6. The standard InChI is InChI=1S/C20H24O6/c1-19(2,3)25-17(21)23-15-12-11-13-9-7-8-10-14(13)16(15)24-18(22)26-20(4,5)6/h7-12H,1-6H3. The lowest BCUT2D eigenvalue weighted by atomic mass is 10.1. The van der Waals surface area contributed by atoms with Crippen molar-refractivity contribution in [2.75, 3.05) is 0 Å². The number of rotatable bonds is 2. The van der Waals surface area contributed by atoms with Crippen LogP contribution in [0.1, 0.15) is 41.5 Å². The van der Waals surface area contributed by atoms with Gasteiger partial charge in [-0.1, -0.05) is 30.3 Å². The minimum Gasteiger partial charge on any atom is -0.428 e. The van der Waals surface area contributed by atoms with E-state index in [0.717, 1.165) is 5.39 Å². The molecule has 6 heteroatoms. The maximum Gasteiger partial charge on any atom is 0.514 e. The third-order valence-electron chi connectivity index (χ3n) is 3.00. The Morgan fingerprint density at radius 1 is 0.731 bits per heavy atom. The van der Waals surface area contributed by atoms with Gasteiger partial charge in [0.25, 0.3) is 0 Å². The average Bonchev–Trinajstić information content (AvgIpc) is 2.46. The van der Waals surface area contributed by atoms with E-state index in [1.54, 1.807) is 65.8 Å². The van der Waals surface area contributed by atoms with E-state index in [0.29, 0.717) is 5.39 Å². The minimum atomic E-state index is -0.887. The van der Waals surface area contributed by atoms with Crippen molar-refractivity contribution in [2.45, 2.75) is 52.7 Å². The van der Waals surface area contributed by atoms with E-state index < -0.39 is 23.5 Å². The quantitative estimate of drug-likeness (QED) is 0.522. The van der Waals surface area contributed by atoms with Crippen LogP contribution in [-0.4, -0.2) is 23.5 Å². The summed E-state index contributed by atoms with van der Waals surface area (Å²) >= 11 is 0. The molecule has 0 saturated carbocycles. The topological polar surface area (TPSA) is 71.1 Å². The maximum absolute atomic E-state index is 12.1. The highest BCUT2D eigenvalue weighted by molar-refractivity contribution is 5.93. The molecular formula is C20H24O6. The molecule has 0 aliphatic heterocycles. The molecule has 0 fully saturated rings. The van der Waals surface area contributed by atoms with Crippen molar-refractivity contribution in [3.05, 3.63) is 36.4 Å². The number of benzene rings is 2. The Morgan fingerprint density at radius 3 is 1.85 bits per heavy atom. The summed E-state index contributed by atoms with van der Waals surface area (Å²) in [5.74, 6) is 0.173. The third-order valence-corrected chi connectivity index (χ3v) is 3.00. The molecule has 0 amide bonds. The Morgan fingerprint density at radius 2 is 1.27 bits per heavy atom. The molecule has 6 nitrogen and oxygen atoms in total. The highest BCUT2D eigenvalue weighted by Gasteiger charge is 2.24. The van der Waals surface area contributed by atoms with Gasteiger partial charge in [-0.3, -0.25) is 0 Å². The Hall–Kier alpha value is -2.76. The van der Waals surface area contributed by atoms with Gasteiger partial charge in [0.05, 0.1) is 0 Å². The Bertz CT molecular complexity index is 811. The van der Waals surface area contributed by atoms with Crippen LogP contribution in [0.4, 0.5) is 9.59 Å². The number of ether oxygens (including phenoxy) is 4. The van der Waals surface area contributed by atoms with Crippen LogP contribution in [0.2, 0.25) is 0 Å². The van der Waals surface area contributed by atoms with E-state index in [1.165, 1.54) is 0 Å². The molecule has 0 aliphatic carbocycles. The second-order valence-corrected chi connectivity index (χ2v) is 7.75. The molecule has 0 atom stereocenters. The SMILES string of the molecule is CC(C)(C)OC(=O)Oc1ccc2ccccc2c1OC(=O)OC(C)(C)C. The van der Waals surface area contributed by atoms with E-state index in [9.17, 15) is 9.59 Å². The summed E-state index contributed by atoms with van der Waals surface area (Å²) in [5, 5.41) is 1.43. The first-order valence-electron chi connectivity index (χ1n) is 8.28. The summed E-state index contributed by atoms with van der Waals surface area (Å²) in [5.41, 5.74) is -1.42. The van der Waals surface area contributed by atoms with Crippen molar-refractivity contribution in [1.82, 2.24) is 0 Å². The van der Waals surface area contributed by atoms with Crippen molar-refractivity contribution in [3.63, 3.8) is 0 Å². The number of hydrogen-bond donors (Lipinski definition) is 0. The zero-order valence-electron chi connectivity index (χ0n) is 15.9. The van der Waals surface area contributed by atoms with Crippen LogP contribution < -0.4 is 9.47 Å². The third kappa shape index (κ3) is 5.65. The molecule has 140 valence electrons. The van der Waals surface area contributed by atoms with E-state index in [4.69, 9.17) is 18.9 Å². The number of carbonyl (C=O) groups is 2. The summed E-state index contributed by atoms with van der Waals surface area (Å²) < 4.78 is 21.0. The van der Waals surface area contributed by atoms with E-state index in [2.05, 4.69) is 0 Å². The van der Waals surface area contributed by atoms with Crippen LogP contribution in [0.25, 0.3) is 10.8 Å². The first-order valence-corrected chi connectivity index (χ1v) is 8.28. The van der Waals surface area contributed by atoms with Crippen molar-refractivity contribution < 1.29 is 28.5 Å². The molecule has 0 bridgehead atoms. The molecule has 0 aromatic heterocycles. The second-order valence-electron chi connectivity index (χ2n) is 7.75. The lowest BCUT2D eigenvalue weighted by Gasteiger charge is -2.21. The second kappa shape index (κ2) is 7.23. The zero-order valence-corrected chi connectivity index (χ0v) is 15.9. The van der Waals surface area contributed by atoms with Crippen LogP contribution in [0.3, 0.4) is 0 Å². The lowest BCUT2D eigenvalue weighted by Crippen LogP contribution is -2.27. The van der Waals surface area contributed by atoms with E-state index in [-0.39, 0.29) is 11.5 Å². The first-order chi connectivity index (χ1) is 11.9. The molecule has 2 aromatic rings. The van der Waals surface area contributed by atoms with Gasteiger partial charge in [0, 0.05) is 5.39 Å². The predicted octanol–water partition coefficient (Wildman–Crippen LogP) is 5.47. The fraction of sp³-hybridized carbons (Fsp3) is 0.400. The molecular weight excluding hydrogens is 336 g/mol. The molecule has 0 saturated heterocycles. The van der Waals surface area contributed by atoms with Crippen molar-refractivity contribution in [2.24, 2.45) is 0 Å². The van der Waals surface area contributed by atoms with Gasteiger partial charge in [0.2, 0.25) is 0 Å². The number of fused-ring (bicyclic) bond motifs is 1. The Kier molecular flexibility index (Phi) is 5.44. The highest BCUT2D eigenvalue weighted by atomic mass is 16.8. The van der Waals surface area contributed by atoms with Gasteiger partial charge >= 0.3 is 12.3 Å². The fourth-order valence-corrected chi connectivity index (χ4v) is 2.12. The van der Waals surface area contributed by atoms with Gasteiger partial charge < -0.3 is 18.9 Å². The van der Waals surface area contributed by atoms with Crippen molar-refractivity contribution >= 4 is 23.1 Å². The largest absolute Gasteiger partial charge is 0.514 e. The summed E-state index contributed by atoms with van der Waals surface area (Å²) in [6.45, 7) is 10.4. The molecule has 0 unspecified atom stereocenters. The van der Waals surface area contributed by atoms with Crippen molar-refractivity contribution in [3.8, 4) is 11.5 Å². The molecule has 0 N–H and O–H groups in total. The summed E-state index contributed by atoms with van der Waals surface area (Å²) in [6.07, 6.45) is -1.77. The Labute approximate surface area is 153 Å². The summed E-state index contributed by atoms with van der Waals surface area (Å²) in [4.78, 5) is 24.1. The van der Waals surface area contributed by atoms with Gasteiger partial charge in [0.15, 0.2) is 11.5 Å². The fourth-order valence-electron chi connectivity index (χ4n) is 2.12. The van der Waals surface area contributed by atoms with Gasteiger partial charge in [-0.05, 0) is 53.0 Å². The van der Waals surface area contributed by atoms with Crippen molar-refractivity contribution in [1.29, 1.82) is 0 Å². The molecule has 2 aromatic carbocycles. The molecule has 26 heavy (non-hydrogen) atoms. The molecule has 0 aliphatic rings. The van der Waals surface area contributed by atoms with E-state index >= 15 is 0 Å². The number of carbonyl (C=O) groups excluding carboxylic acids is 2. The van der Waals surface area contributed by atoms with Crippen LogP contribution in [-0.2, 0) is 9.47 Å². The molecule has 0 radical (unpaired) electrons. The molecule has 2 rings (SSSR count). The van der Waals surface area contributed by atoms with Gasteiger partial charge in [-0.25, -0.2) is 9.59 Å². The first kappa shape index (κ1) is 19.6. The highest BCUT2D eigenvalue weighted by Crippen LogP contribution is 2.36.